The van der Waals surface area contributed by atoms with Gasteiger partial charge in [-0.25, -0.2) is 0 Å². The highest BCUT2D eigenvalue weighted by Crippen LogP contribution is 2.62. The molecule has 0 amide bonds. The minimum Gasteiger partial charge on any atom is -0.456 e. The first kappa shape index (κ1) is 37.6. The molecule has 2 nitrogen and oxygen atoms in total. The molecule has 0 fully saturated rings. The molecule has 0 unspecified atom stereocenters. The zero-order valence-corrected chi connectivity index (χ0v) is 37.8. The van der Waals surface area contributed by atoms with Crippen LogP contribution in [0.3, 0.4) is 0 Å². The van der Waals surface area contributed by atoms with Gasteiger partial charge in [0.05, 0.1) is 0 Å². The van der Waals surface area contributed by atoms with Crippen LogP contribution in [0.15, 0.2) is 158 Å². The second-order valence-electron chi connectivity index (χ2n) is 20.8. The fourth-order valence-corrected chi connectivity index (χ4v) is 12.5. The molecule has 2 heterocycles. The van der Waals surface area contributed by atoms with Gasteiger partial charge in [0.1, 0.15) is 23.0 Å². The molecule has 0 atom stereocenters. The third-order valence-electron chi connectivity index (χ3n) is 16.0. The molecule has 0 radical (unpaired) electrons. The highest BCUT2D eigenvalue weighted by molar-refractivity contribution is 6.22. The van der Waals surface area contributed by atoms with Gasteiger partial charge in [-0.15, -0.1) is 0 Å². The van der Waals surface area contributed by atoms with Crippen molar-refractivity contribution >= 4 is 21.5 Å². The summed E-state index contributed by atoms with van der Waals surface area (Å²) in [5.74, 6) is 3.89. The monoisotopic (exact) mass is 826 g/mol. The molecule has 0 aromatic heterocycles. The van der Waals surface area contributed by atoms with Gasteiger partial charge >= 0.3 is 0 Å². The van der Waals surface area contributed by atoms with Crippen LogP contribution in [0.5, 0.6) is 23.0 Å². The lowest BCUT2D eigenvalue weighted by Crippen LogP contribution is -2.25. The van der Waals surface area contributed by atoms with Crippen molar-refractivity contribution in [2.24, 2.45) is 0 Å². The van der Waals surface area contributed by atoms with Crippen molar-refractivity contribution in [2.75, 3.05) is 0 Å². The van der Waals surface area contributed by atoms with E-state index in [1.165, 1.54) is 105 Å². The van der Waals surface area contributed by atoms with Gasteiger partial charge in [-0.2, -0.15) is 0 Å². The van der Waals surface area contributed by atoms with Gasteiger partial charge in [-0.1, -0.05) is 201 Å². The molecule has 0 saturated heterocycles. The van der Waals surface area contributed by atoms with Crippen molar-refractivity contribution in [3.05, 3.63) is 202 Å². The molecule has 2 aliphatic carbocycles. The van der Waals surface area contributed by atoms with Crippen LogP contribution in [0.1, 0.15) is 99.9 Å². The largest absolute Gasteiger partial charge is 0.456 e. The van der Waals surface area contributed by atoms with Gasteiger partial charge in [0.2, 0.25) is 0 Å². The number of fused-ring (bicyclic) bond motifs is 14. The van der Waals surface area contributed by atoms with Crippen LogP contribution in [0.25, 0.3) is 66.1 Å². The summed E-state index contributed by atoms with van der Waals surface area (Å²) in [5, 5.41) is 4.89. The molecule has 2 heteroatoms. The number of benzene rings is 9. The lowest BCUT2D eigenvalue weighted by atomic mass is 9.72. The summed E-state index contributed by atoms with van der Waals surface area (Å²) >= 11 is 0. The summed E-state index contributed by atoms with van der Waals surface area (Å²) in [6.45, 7) is 18.8. The van der Waals surface area contributed by atoms with Crippen molar-refractivity contribution in [2.45, 2.75) is 77.0 Å². The second-order valence-corrected chi connectivity index (χ2v) is 20.8. The molecule has 13 rings (SSSR count). The minimum absolute atomic E-state index is 0.123. The Kier molecular flexibility index (Phi) is 7.30. The summed E-state index contributed by atoms with van der Waals surface area (Å²) in [6, 6.07) is 58.8. The molecule has 0 saturated carbocycles. The molecule has 0 bridgehead atoms. The first-order chi connectivity index (χ1) is 30.8. The Morgan fingerprint density at radius 3 is 1.38 bits per heavy atom. The minimum atomic E-state index is -0.292. The van der Waals surface area contributed by atoms with Crippen molar-refractivity contribution < 1.29 is 9.47 Å². The molecule has 310 valence electrons. The lowest BCUT2D eigenvalue weighted by Gasteiger charge is -2.37. The quantitative estimate of drug-likeness (QED) is 0.162. The fourth-order valence-electron chi connectivity index (χ4n) is 12.5. The normalized spacial score (nSPS) is 16.9. The van der Waals surface area contributed by atoms with Crippen LogP contribution < -0.4 is 9.47 Å². The van der Waals surface area contributed by atoms with E-state index in [1.807, 2.05) is 0 Å². The van der Waals surface area contributed by atoms with E-state index in [2.05, 4.69) is 213 Å². The first-order valence-corrected chi connectivity index (χ1v) is 22.9. The summed E-state index contributed by atoms with van der Waals surface area (Å²) in [5.41, 5.74) is 19.2. The molecular weight excluding hydrogens is 777 g/mol. The van der Waals surface area contributed by atoms with Gasteiger partial charge < -0.3 is 9.47 Å². The summed E-state index contributed by atoms with van der Waals surface area (Å²) in [4.78, 5) is 0. The molecule has 2 aliphatic heterocycles. The molecule has 9 aromatic carbocycles. The van der Waals surface area contributed by atoms with Gasteiger partial charge in [0.15, 0.2) is 0 Å². The molecule has 64 heavy (non-hydrogen) atoms. The summed E-state index contributed by atoms with van der Waals surface area (Å²) in [6.07, 6.45) is 0. The van der Waals surface area contributed by atoms with E-state index in [9.17, 15) is 0 Å². The predicted octanol–water partition coefficient (Wildman–Crippen LogP) is 16.8. The Hall–Kier alpha value is -6.90. The zero-order valence-electron chi connectivity index (χ0n) is 37.8. The SMILES string of the molecule is CC1(C)c2ccccc2Oc2c1ccc1c2-c2ccc(-c3c4ccccc4c(-c4cccc5c4Oc4c(ccc6c4-c4ccccc4C6(C)C)C5(C)C)c4ccccc34)cc2C1(C)C. The maximum absolute atomic E-state index is 7.47. The number of para-hydroxylation sites is 2. The second kappa shape index (κ2) is 12.4. The third kappa shape index (κ3) is 4.66. The van der Waals surface area contributed by atoms with Gasteiger partial charge in [0.25, 0.3) is 0 Å². The van der Waals surface area contributed by atoms with E-state index in [1.54, 1.807) is 0 Å². The number of hydrogen-bond donors (Lipinski definition) is 0. The van der Waals surface area contributed by atoms with E-state index >= 15 is 0 Å². The van der Waals surface area contributed by atoms with Gasteiger partial charge in [-0.3, -0.25) is 0 Å². The predicted molar refractivity (Wildman–Crippen MR) is 265 cm³/mol. The smallest absolute Gasteiger partial charge is 0.139 e. The van der Waals surface area contributed by atoms with Crippen LogP contribution in [-0.4, -0.2) is 0 Å². The lowest BCUT2D eigenvalue weighted by molar-refractivity contribution is 0.419. The van der Waals surface area contributed by atoms with Crippen molar-refractivity contribution in [1.29, 1.82) is 0 Å². The molecular formula is C62H50O2. The Morgan fingerprint density at radius 1 is 0.281 bits per heavy atom. The maximum Gasteiger partial charge on any atom is 0.139 e. The third-order valence-corrected chi connectivity index (χ3v) is 16.0. The van der Waals surface area contributed by atoms with E-state index in [0.29, 0.717) is 0 Å². The van der Waals surface area contributed by atoms with Crippen molar-refractivity contribution in [3.8, 4) is 67.5 Å². The Balaban J connectivity index is 1.01. The van der Waals surface area contributed by atoms with Crippen LogP contribution in [-0.2, 0) is 21.7 Å². The Bertz CT molecular complexity index is 3500. The number of rotatable bonds is 2. The van der Waals surface area contributed by atoms with Gasteiger partial charge in [0, 0.05) is 66.2 Å². The Morgan fingerprint density at radius 2 is 0.719 bits per heavy atom. The number of hydrogen-bond acceptors (Lipinski definition) is 2. The highest BCUT2D eigenvalue weighted by atomic mass is 16.5. The average molecular weight is 827 g/mol. The highest BCUT2D eigenvalue weighted by Gasteiger charge is 2.45. The van der Waals surface area contributed by atoms with Crippen molar-refractivity contribution in [1.82, 2.24) is 0 Å². The van der Waals surface area contributed by atoms with Crippen LogP contribution in [0, 0.1) is 0 Å². The average Bonchev–Trinajstić information content (AvgIpc) is 3.67. The van der Waals surface area contributed by atoms with Crippen LogP contribution >= 0.6 is 0 Å². The molecule has 0 N–H and O–H groups in total. The number of ether oxygens (including phenoxy) is 2. The summed E-state index contributed by atoms with van der Waals surface area (Å²) in [7, 11) is 0. The van der Waals surface area contributed by atoms with Crippen molar-refractivity contribution in [3.63, 3.8) is 0 Å². The van der Waals surface area contributed by atoms with E-state index < -0.39 is 0 Å². The van der Waals surface area contributed by atoms with E-state index in [-0.39, 0.29) is 21.7 Å². The summed E-state index contributed by atoms with van der Waals surface area (Å²) < 4.78 is 14.4. The zero-order chi connectivity index (χ0) is 43.7. The molecule has 9 aromatic rings. The fraction of sp³-hybridized carbons (Fsp3) is 0.194. The van der Waals surface area contributed by atoms with Crippen LogP contribution in [0.4, 0.5) is 0 Å². The standard InChI is InChI=1S/C62H50O2/c1-59(2)43-24-14-13-22-40(43)54-45(59)30-33-49-58(54)64-56-42(23-17-26-47(56)62(49,7)8)53-38-20-11-9-18-36(38)52(37-19-10-12-21-39(37)53)35-28-29-41-50(34-35)61(5,6)46-31-32-48-57(55(41)46)63-51-27-16-15-25-44(51)60(48,3)4/h9-34H,1-8H3. The molecule has 4 aliphatic rings. The molecule has 0 spiro atoms. The topological polar surface area (TPSA) is 18.5 Å². The van der Waals surface area contributed by atoms with E-state index in [4.69, 9.17) is 9.47 Å². The van der Waals surface area contributed by atoms with Gasteiger partial charge in [-0.05, 0) is 78.2 Å². The van der Waals surface area contributed by atoms with E-state index in [0.717, 1.165) is 28.6 Å². The Labute approximate surface area is 376 Å². The maximum atomic E-state index is 7.47. The first-order valence-electron chi connectivity index (χ1n) is 22.9. The van der Waals surface area contributed by atoms with Crippen LogP contribution in [0.2, 0.25) is 0 Å².